The predicted molar refractivity (Wildman–Crippen MR) is 51.2 cm³/mol. The summed E-state index contributed by atoms with van der Waals surface area (Å²) in [5.74, 6) is 0.0378. The Hall–Kier alpha value is -1.84. The van der Waals surface area contributed by atoms with Crippen molar-refractivity contribution in [3.05, 3.63) is 29.0 Å². The maximum atomic E-state index is 11.6. The van der Waals surface area contributed by atoms with Gasteiger partial charge in [-0.15, -0.1) is 0 Å². The van der Waals surface area contributed by atoms with Crippen LogP contribution in [0.3, 0.4) is 0 Å². The number of ketones is 1. The maximum Gasteiger partial charge on any atom is 0.276 e. The van der Waals surface area contributed by atoms with E-state index in [1.165, 1.54) is 0 Å². The van der Waals surface area contributed by atoms with Crippen LogP contribution >= 0.6 is 0 Å². The third kappa shape index (κ3) is 1.14. The van der Waals surface area contributed by atoms with Crippen LogP contribution in [0.25, 0.3) is 5.57 Å². The van der Waals surface area contributed by atoms with Gasteiger partial charge in [0.2, 0.25) is 0 Å². The van der Waals surface area contributed by atoms with E-state index >= 15 is 0 Å². The van der Waals surface area contributed by atoms with E-state index in [1.54, 1.807) is 18.3 Å². The van der Waals surface area contributed by atoms with Crippen molar-refractivity contribution in [3.63, 3.8) is 0 Å². The zero-order valence-electron chi connectivity index (χ0n) is 7.93. The van der Waals surface area contributed by atoms with Crippen LogP contribution in [0.5, 0.6) is 0 Å². The van der Waals surface area contributed by atoms with Gasteiger partial charge in [-0.05, 0) is 12.1 Å². The molecule has 15 heavy (non-hydrogen) atoms. The highest BCUT2D eigenvalue weighted by atomic mass is 16.1. The molecule has 1 aliphatic carbocycles. The van der Waals surface area contributed by atoms with Crippen LogP contribution < -0.4 is 10.7 Å². The van der Waals surface area contributed by atoms with Crippen molar-refractivity contribution in [2.75, 3.05) is 0 Å². The molecule has 0 unspecified atom stereocenters. The van der Waals surface area contributed by atoms with Gasteiger partial charge < -0.3 is 0 Å². The van der Waals surface area contributed by atoms with Crippen LogP contribution in [0.15, 0.2) is 23.3 Å². The first kappa shape index (κ1) is 8.47. The summed E-state index contributed by atoms with van der Waals surface area (Å²) in [6.45, 7) is 0. The van der Waals surface area contributed by atoms with Crippen molar-refractivity contribution in [2.24, 2.45) is 10.9 Å². The highest BCUT2D eigenvalue weighted by Gasteiger charge is 2.35. The SMILES string of the molecule is O=C1CC(C2=c3ncccc3=NC2=O)C1. The lowest BCUT2D eigenvalue weighted by atomic mass is 9.78. The van der Waals surface area contributed by atoms with Crippen LogP contribution in [0.4, 0.5) is 0 Å². The van der Waals surface area contributed by atoms with Crippen molar-refractivity contribution in [2.45, 2.75) is 12.8 Å². The zero-order chi connectivity index (χ0) is 10.4. The molecule has 3 rings (SSSR count). The van der Waals surface area contributed by atoms with Crippen LogP contribution in [0.1, 0.15) is 12.8 Å². The van der Waals surface area contributed by atoms with Gasteiger partial charge in [-0.1, -0.05) is 0 Å². The van der Waals surface area contributed by atoms with E-state index in [0.29, 0.717) is 29.1 Å². The Kier molecular flexibility index (Phi) is 1.59. The maximum absolute atomic E-state index is 11.6. The first-order chi connectivity index (χ1) is 7.25. The van der Waals surface area contributed by atoms with Gasteiger partial charge in [0.15, 0.2) is 0 Å². The van der Waals surface area contributed by atoms with Crippen LogP contribution in [-0.2, 0) is 9.59 Å². The van der Waals surface area contributed by atoms with E-state index in [4.69, 9.17) is 0 Å². The zero-order valence-corrected chi connectivity index (χ0v) is 7.93. The van der Waals surface area contributed by atoms with E-state index < -0.39 is 0 Å². The van der Waals surface area contributed by atoms with Gasteiger partial charge in [-0.2, -0.15) is 0 Å². The Morgan fingerprint density at radius 2 is 2.07 bits per heavy atom. The largest absolute Gasteiger partial charge is 0.300 e. The van der Waals surface area contributed by atoms with Gasteiger partial charge in [0, 0.05) is 25.0 Å². The van der Waals surface area contributed by atoms with E-state index in [-0.39, 0.29) is 17.6 Å². The molecule has 0 atom stereocenters. The van der Waals surface area contributed by atoms with E-state index in [2.05, 4.69) is 9.98 Å². The molecule has 1 aromatic rings. The summed E-state index contributed by atoms with van der Waals surface area (Å²) >= 11 is 0. The molecule has 4 heteroatoms. The summed E-state index contributed by atoms with van der Waals surface area (Å²) in [4.78, 5) is 30.6. The molecule has 1 aromatic heterocycles. The minimum atomic E-state index is -0.221. The van der Waals surface area contributed by atoms with E-state index in [0.717, 1.165) is 0 Å². The highest BCUT2D eigenvalue weighted by Crippen LogP contribution is 2.31. The molecule has 1 saturated carbocycles. The number of aromatic nitrogens is 1. The van der Waals surface area contributed by atoms with Crippen molar-refractivity contribution in [3.8, 4) is 0 Å². The number of amides is 1. The summed E-state index contributed by atoms with van der Waals surface area (Å²) in [6.07, 6.45) is 2.58. The number of fused-ring (bicyclic) bond motifs is 1. The van der Waals surface area contributed by atoms with Gasteiger partial charge in [0.25, 0.3) is 5.91 Å². The molecule has 4 nitrogen and oxygen atoms in total. The monoisotopic (exact) mass is 200 g/mol. The van der Waals surface area contributed by atoms with Crippen molar-refractivity contribution in [1.82, 2.24) is 4.98 Å². The summed E-state index contributed by atoms with van der Waals surface area (Å²) in [5, 5.41) is 1.30. The Balaban J connectivity index is 2.20. The molecule has 1 fully saturated rings. The molecular formula is C11H8N2O2. The summed E-state index contributed by atoms with van der Waals surface area (Å²) in [6, 6.07) is 3.53. The fourth-order valence-electron chi connectivity index (χ4n) is 2.03. The second kappa shape index (κ2) is 2.82. The molecule has 0 N–H and O–H groups in total. The Bertz CT molecular complexity index is 581. The Morgan fingerprint density at radius 3 is 2.80 bits per heavy atom. The average Bonchev–Trinajstić information content (AvgIpc) is 2.49. The van der Waals surface area contributed by atoms with E-state index in [9.17, 15) is 9.59 Å². The third-order valence-electron chi connectivity index (χ3n) is 2.85. The number of carbonyl (C=O) groups is 2. The molecule has 1 aliphatic heterocycles. The van der Waals surface area contributed by atoms with Crippen molar-refractivity contribution >= 4 is 17.3 Å². The Labute approximate surface area is 85.4 Å². The lowest BCUT2D eigenvalue weighted by molar-refractivity contribution is -0.125. The van der Waals surface area contributed by atoms with E-state index in [1.807, 2.05) is 0 Å². The minimum Gasteiger partial charge on any atom is -0.300 e. The second-order valence-corrected chi connectivity index (χ2v) is 3.85. The lowest BCUT2D eigenvalue weighted by Crippen LogP contribution is -2.33. The molecule has 0 spiro atoms. The standard InChI is InChI=1S/C11H8N2O2/c14-7-4-6(5-7)9-10-8(13-11(9)15)2-1-3-12-10/h1-3,6H,4-5H2. The summed E-state index contributed by atoms with van der Waals surface area (Å²) < 4.78 is 0. The molecule has 0 saturated heterocycles. The van der Waals surface area contributed by atoms with Gasteiger partial charge in [0.05, 0.1) is 16.3 Å². The van der Waals surface area contributed by atoms with Gasteiger partial charge in [0.1, 0.15) is 5.78 Å². The van der Waals surface area contributed by atoms with Crippen LogP contribution in [-0.4, -0.2) is 16.7 Å². The third-order valence-corrected chi connectivity index (χ3v) is 2.85. The van der Waals surface area contributed by atoms with Crippen molar-refractivity contribution < 1.29 is 9.59 Å². The first-order valence-electron chi connectivity index (χ1n) is 4.85. The fourth-order valence-corrected chi connectivity index (χ4v) is 2.03. The minimum absolute atomic E-state index is 0.0462. The quantitative estimate of drug-likeness (QED) is 0.606. The highest BCUT2D eigenvalue weighted by molar-refractivity contribution is 6.17. The molecule has 2 heterocycles. The first-order valence-corrected chi connectivity index (χ1v) is 4.85. The summed E-state index contributed by atoms with van der Waals surface area (Å²) in [5.41, 5.74) is 0.630. The number of carbonyl (C=O) groups excluding carboxylic acids is 2. The smallest absolute Gasteiger partial charge is 0.276 e. The van der Waals surface area contributed by atoms with Crippen LogP contribution in [0, 0.1) is 5.92 Å². The number of pyridine rings is 1. The lowest BCUT2D eigenvalue weighted by Gasteiger charge is -2.23. The van der Waals surface area contributed by atoms with Gasteiger partial charge in [-0.3, -0.25) is 14.6 Å². The molecule has 0 bridgehead atoms. The number of rotatable bonds is 1. The average molecular weight is 200 g/mol. The molecular weight excluding hydrogens is 192 g/mol. The molecule has 2 aliphatic rings. The molecule has 74 valence electrons. The molecule has 1 amide bonds. The Morgan fingerprint density at radius 1 is 1.27 bits per heavy atom. The number of nitrogens with zero attached hydrogens (tertiary/aromatic N) is 2. The number of hydrogen-bond acceptors (Lipinski definition) is 3. The summed E-state index contributed by atoms with van der Waals surface area (Å²) in [7, 11) is 0. The topological polar surface area (TPSA) is 59.4 Å². The fraction of sp³-hybridized carbons (Fsp3) is 0.273. The normalized spacial score (nSPS) is 19.9. The molecule has 0 aromatic carbocycles. The van der Waals surface area contributed by atoms with Crippen LogP contribution in [0.2, 0.25) is 0 Å². The number of hydrogen-bond donors (Lipinski definition) is 0. The number of Topliss-reactive ketones (excluding diaryl/α,β-unsaturated/α-hetero) is 1. The molecule has 0 radical (unpaired) electrons. The van der Waals surface area contributed by atoms with Gasteiger partial charge >= 0.3 is 0 Å². The second-order valence-electron chi connectivity index (χ2n) is 3.85. The van der Waals surface area contributed by atoms with Crippen molar-refractivity contribution in [1.29, 1.82) is 0 Å². The van der Waals surface area contributed by atoms with Gasteiger partial charge in [-0.25, -0.2) is 4.99 Å². The predicted octanol–water partition coefficient (Wildman–Crippen LogP) is -0.629.